The van der Waals surface area contributed by atoms with Crippen LogP contribution in [0.5, 0.6) is 0 Å². The molecule has 0 spiro atoms. The van der Waals surface area contributed by atoms with Crippen LogP contribution in [0.4, 0.5) is 0 Å². The van der Waals surface area contributed by atoms with Crippen molar-refractivity contribution in [2.24, 2.45) is 0 Å². The molecule has 2 aromatic rings. The number of allylic oxidation sites excluding steroid dienone is 2. The van der Waals surface area contributed by atoms with Crippen molar-refractivity contribution in [3.8, 4) is 11.1 Å². The fourth-order valence-corrected chi connectivity index (χ4v) is 2.03. The summed E-state index contributed by atoms with van der Waals surface area (Å²) < 4.78 is 4.80. The standard InChI is InChI=1S/C14H14.C5H6O/c1-11-7-6-10-14(12(11)2)13-8-4-3-5-9-13;1-2-4-6-5-3-1/h3-10H,1-2H3;1-4H,5H2. The van der Waals surface area contributed by atoms with Crippen LogP contribution in [0, 0.1) is 13.8 Å². The fourth-order valence-electron chi connectivity index (χ4n) is 2.03. The molecule has 2 aromatic carbocycles. The third-order valence-corrected chi connectivity index (χ3v) is 3.30. The molecule has 20 heavy (non-hydrogen) atoms. The molecular weight excluding hydrogens is 244 g/mol. The van der Waals surface area contributed by atoms with Crippen LogP contribution in [0.3, 0.4) is 0 Å². The summed E-state index contributed by atoms with van der Waals surface area (Å²) in [5, 5.41) is 0. The van der Waals surface area contributed by atoms with Crippen molar-refractivity contribution in [1.29, 1.82) is 0 Å². The third-order valence-electron chi connectivity index (χ3n) is 3.30. The topological polar surface area (TPSA) is 9.23 Å². The maximum absolute atomic E-state index is 4.80. The van der Waals surface area contributed by atoms with Crippen LogP contribution >= 0.6 is 0 Å². The molecule has 0 bridgehead atoms. The minimum atomic E-state index is 0.733. The molecule has 0 fully saturated rings. The van der Waals surface area contributed by atoms with Crippen LogP contribution in [0.15, 0.2) is 73.0 Å². The van der Waals surface area contributed by atoms with Gasteiger partial charge in [-0.2, -0.15) is 0 Å². The van der Waals surface area contributed by atoms with Gasteiger partial charge < -0.3 is 4.74 Å². The maximum atomic E-state index is 4.80. The Kier molecular flexibility index (Phi) is 5.19. The summed E-state index contributed by atoms with van der Waals surface area (Å²) in [6.45, 7) is 5.07. The van der Waals surface area contributed by atoms with Crippen LogP contribution in [0.1, 0.15) is 11.1 Å². The predicted octanol–water partition coefficient (Wildman–Crippen LogP) is 5.06. The van der Waals surface area contributed by atoms with Crippen LogP contribution in [0.25, 0.3) is 11.1 Å². The highest BCUT2D eigenvalue weighted by atomic mass is 16.5. The zero-order chi connectivity index (χ0) is 14.2. The first-order valence-electron chi connectivity index (χ1n) is 6.84. The van der Waals surface area contributed by atoms with E-state index in [1.165, 1.54) is 22.3 Å². The molecule has 1 nitrogen and oxygen atoms in total. The lowest BCUT2D eigenvalue weighted by atomic mass is 9.97. The van der Waals surface area contributed by atoms with Gasteiger partial charge >= 0.3 is 0 Å². The van der Waals surface area contributed by atoms with Gasteiger partial charge in [-0.25, -0.2) is 0 Å². The van der Waals surface area contributed by atoms with Crippen molar-refractivity contribution in [2.75, 3.05) is 6.61 Å². The van der Waals surface area contributed by atoms with E-state index in [9.17, 15) is 0 Å². The highest BCUT2D eigenvalue weighted by Gasteiger charge is 2.01. The number of rotatable bonds is 1. The van der Waals surface area contributed by atoms with Gasteiger partial charge in [0.25, 0.3) is 0 Å². The van der Waals surface area contributed by atoms with Gasteiger partial charge in [0, 0.05) is 0 Å². The summed E-state index contributed by atoms with van der Waals surface area (Å²) in [5.41, 5.74) is 5.37. The van der Waals surface area contributed by atoms with E-state index >= 15 is 0 Å². The lowest BCUT2D eigenvalue weighted by molar-refractivity contribution is 0.286. The zero-order valence-corrected chi connectivity index (χ0v) is 12.0. The monoisotopic (exact) mass is 264 g/mol. The van der Waals surface area contributed by atoms with Gasteiger partial charge in [0.1, 0.15) is 6.61 Å². The Morgan fingerprint density at radius 3 is 2.20 bits per heavy atom. The minimum absolute atomic E-state index is 0.733. The van der Waals surface area contributed by atoms with Gasteiger partial charge in [-0.1, -0.05) is 54.6 Å². The second-order valence-corrected chi connectivity index (χ2v) is 4.70. The van der Waals surface area contributed by atoms with E-state index in [1.807, 2.05) is 18.2 Å². The molecule has 3 rings (SSSR count). The van der Waals surface area contributed by atoms with Crippen molar-refractivity contribution < 1.29 is 4.74 Å². The van der Waals surface area contributed by atoms with Crippen LogP contribution in [-0.4, -0.2) is 6.61 Å². The zero-order valence-electron chi connectivity index (χ0n) is 12.0. The van der Waals surface area contributed by atoms with E-state index < -0.39 is 0 Å². The third kappa shape index (κ3) is 3.86. The molecule has 102 valence electrons. The van der Waals surface area contributed by atoms with Crippen molar-refractivity contribution in [3.63, 3.8) is 0 Å². The molecule has 0 aliphatic carbocycles. The molecule has 0 saturated heterocycles. The molecule has 0 N–H and O–H groups in total. The van der Waals surface area contributed by atoms with Crippen molar-refractivity contribution in [2.45, 2.75) is 13.8 Å². The van der Waals surface area contributed by atoms with E-state index in [0.29, 0.717) is 0 Å². The second kappa shape index (κ2) is 7.34. The van der Waals surface area contributed by atoms with E-state index in [1.54, 1.807) is 6.26 Å². The summed E-state index contributed by atoms with van der Waals surface area (Å²) in [4.78, 5) is 0. The molecule has 0 amide bonds. The minimum Gasteiger partial charge on any atom is -0.497 e. The van der Waals surface area contributed by atoms with Gasteiger partial charge in [-0.3, -0.25) is 0 Å². The van der Waals surface area contributed by atoms with Crippen molar-refractivity contribution >= 4 is 0 Å². The molecule has 1 aliphatic rings. The lowest BCUT2D eigenvalue weighted by Crippen LogP contribution is -1.85. The Morgan fingerprint density at radius 2 is 1.65 bits per heavy atom. The molecule has 1 heterocycles. The smallest absolute Gasteiger partial charge is 0.106 e. The largest absolute Gasteiger partial charge is 0.497 e. The van der Waals surface area contributed by atoms with E-state index in [2.05, 4.69) is 62.4 Å². The maximum Gasteiger partial charge on any atom is 0.106 e. The number of aryl methyl sites for hydroxylation is 1. The average molecular weight is 264 g/mol. The van der Waals surface area contributed by atoms with Crippen molar-refractivity contribution in [1.82, 2.24) is 0 Å². The Bertz CT molecular complexity index is 582. The van der Waals surface area contributed by atoms with Gasteiger partial charge in [-0.15, -0.1) is 0 Å². The Morgan fingerprint density at radius 1 is 0.850 bits per heavy atom. The molecular formula is C19H20O. The number of benzene rings is 2. The van der Waals surface area contributed by atoms with Gasteiger partial charge in [-0.05, 0) is 48.3 Å². The molecule has 0 atom stereocenters. The first-order chi connectivity index (χ1) is 9.79. The van der Waals surface area contributed by atoms with Crippen molar-refractivity contribution in [3.05, 3.63) is 84.1 Å². The van der Waals surface area contributed by atoms with Crippen LogP contribution in [-0.2, 0) is 4.74 Å². The van der Waals surface area contributed by atoms with Crippen LogP contribution < -0.4 is 0 Å². The van der Waals surface area contributed by atoms with Crippen LogP contribution in [0.2, 0.25) is 0 Å². The Balaban J connectivity index is 0.000000205. The summed E-state index contributed by atoms with van der Waals surface area (Å²) in [6, 6.07) is 17.0. The summed E-state index contributed by atoms with van der Waals surface area (Å²) >= 11 is 0. The SMILES string of the molecule is C1=CCOC=C1.Cc1cccc(-c2ccccc2)c1C. The molecule has 1 aliphatic heterocycles. The second-order valence-electron chi connectivity index (χ2n) is 4.70. The predicted molar refractivity (Wildman–Crippen MR) is 85.6 cm³/mol. The summed E-state index contributed by atoms with van der Waals surface area (Å²) in [6.07, 6.45) is 7.47. The number of hydrogen-bond acceptors (Lipinski definition) is 1. The highest BCUT2D eigenvalue weighted by molar-refractivity contribution is 5.68. The normalized spacial score (nSPS) is 12.3. The number of ether oxygens (including phenoxy) is 1. The van der Waals surface area contributed by atoms with Gasteiger partial charge in [0.15, 0.2) is 0 Å². The first kappa shape index (κ1) is 14.1. The summed E-state index contributed by atoms with van der Waals surface area (Å²) in [5.74, 6) is 0. The average Bonchev–Trinajstić information content (AvgIpc) is 2.53. The first-order valence-corrected chi connectivity index (χ1v) is 6.84. The van der Waals surface area contributed by atoms with E-state index in [4.69, 9.17) is 4.74 Å². The van der Waals surface area contributed by atoms with Gasteiger partial charge in [0.05, 0.1) is 6.26 Å². The lowest BCUT2D eigenvalue weighted by Gasteiger charge is -2.07. The molecule has 1 heteroatoms. The number of hydrogen-bond donors (Lipinski definition) is 0. The summed E-state index contributed by atoms with van der Waals surface area (Å²) in [7, 11) is 0. The van der Waals surface area contributed by atoms with E-state index in [-0.39, 0.29) is 0 Å². The quantitative estimate of drug-likeness (QED) is 0.699. The molecule has 0 radical (unpaired) electrons. The Labute approximate surface area is 121 Å². The van der Waals surface area contributed by atoms with Gasteiger partial charge in [0.2, 0.25) is 0 Å². The highest BCUT2D eigenvalue weighted by Crippen LogP contribution is 2.24. The Hall–Kier alpha value is -2.28. The fraction of sp³-hybridized carbons (Fsp3) is 0.158. The molecule has 0 aromatic heterocycles. The van der Waals surface area contributed by atoms with E-state index in [0.717, 1.165) is 6.61 Å². The molecule has 0 saturated carbocycles. The molecule has 0 unspecified atom stereocenters.